The van der Waals surface area contributed by atoms with Gasteiger partial charge in [-0.25, -0.2) is 4.98 Å². The highest BCUT2D eigenvalue weighted by Gasteiger charge is 2.20. The zero-order valence-corrected chi connectivity index (χ0v) is 27.5. The Morgan fingerprint density at radius 2 is 1.00 bits per heavy atom. The Bertz CT molecular complexity index is 2840. The highest BCUT2D eigenvalue weighted by Crippen LogP contribution is 2.43. The summed E-state index contributed by atoms with van der Waals surface area (Å²) in [6, 6.07) is 63.2. The summed E-state index contributed by atoms with van der Waals surface area (Å²) >= 11 is 0. The summed E-state index contributed by atoms with van der Waals surface area (Å²) in [7, 11) is 0. The quantitative estimate of drug-likeness (QED) is 0.179. The van der Waals surface area contributed by atoms with Gasteiger partial charge < -0.3 is 13.7 Å². The molecule has 10 rings (SSSR count). The molecule has 0 aliphatic carbocycles. The lowest BCUT2D eigenvalue weighted by Crippen LogP contribution is -2.10. The van der Waals surface area contributed by atoms with Gasteiger partial charge in [0.05, 0.1) is 5.69 Å². The zero-order chi connectivity index (χ0) is 33.7. The molecule has 0 saturated carbocycles. The molecule has 2 aromatic heterocycles. The van der Waals surface area contributed by atoms with Crippen molar-refractivity contribution in [2.24, 2.45) is 0 Å². The molecule has 0 amide bonds. The van der Waals surface area contributed by atoms with Gasteiger partial charge in [0.25, 0.3) is 0 Å². The van der Waals surface area contributed by atoms with Crippen LogP contribution in [0.15, 0.2) is 191 Å². The van der Waals surface area contributed by atoms with E-state index in [9.17, 15) is 0 Å². The Balaban J connectivity index is 1.09. The largest absolute Gasteiger partial charge is 0.454 e. The molecule has 0 aliphatic rings. The van der Waals surface area contributed by atoms with E-state index < -0.39 is 0 Å². The summed E-state index contributed by atoms with van der Waals surface area (Å²) in [6.45, 7) is 0. The average Bonchev–Trinajstić information content (AvgIpc) is 3.81. The average molecular weight is 655 g/mol. The molecule has 0 unspecified atom stereocenters. The van der Waals surface area contributed by atoms with Crippen LogP contribution in [-0.4, -0.2) is 4.98 Å². The molecule has 4 nitrogen and oxygen atoms in total. The van der Waals surface area contributed by atoms with Gasteiger partial charge in [-0.05, 0) is 76.0 Å². The van der Waals surface area contributed by atoms with Crippen molar-refractivity contribution < 1.29 is 8.83 Å². The molecule has 4 heteroatoms. The van der Waals surface area contributed by atoms with E-state index in [1.165, 1.54) is 11.1 Å². The standard InChI is InChI=1S/C47H30N2O2/c1-2-11-31(12-3-1)32-23-27-35(28-24-32)49(43-21-10-18-40-39-16-6-7-22-44(39)50-46(40)43)36-29-25-34(26-30-36)38-17-9-20-42-45(38)51-47(48-42)41-19-8-14-33-13-4-5-15-37(33)41/h1-30H. The normalized spacial score (nSPS) is 11.5. The molecule has 0 radical (unpaired) electrons. The van der Waals surface area contributed by atoms with Crippen molar-refractivity contribution in [1.82, 2.24) is 4.98 Å². The maximum atomic E-state index is 6.55. The number of aromatic nitrogens is 1. The molecule has 0 bridgehead atoms. The lowest BCUT2D eigenvalue weighted by atomic mass is 10.0. The maximum Gasteiger partial charge on any atom is 0.227 e. The number of benzene rings is 8. The number of oxazole rings is 1. The number of hydrogen-bond acceptors (Lipinski definition) is 4. The third kappa shape index (κ3) is 4.96. The number of fused-ring (bicyclic) bond motifs is 5. The highest BCUT2D eigenvalue weighted by molar-refractivity contribution is 6.10. The molecular weight excluding hydrogens is 625 g/mol. The Kier molecular flexibility index (Phi) is 6.78. The van der Waals surface area contributed by atoms with Crippen LogP contribution in [0.1, 0.15) is 0 Å². The Morgan fingerprint density at radius 3 is 1.82 bits per heavy atom. The van der Waals surface area contributed by atoms with Crippen molar-refractivity contribution in [1.29, 1.82) is 0 Å². The third-order valence-corrected chi connectivity index (χ3v) is 9.73. The summed E-state index contributed by atoms with van der Waals surface area (Å²) in [6.07, 6.45) is 0. The molecule has 0 N–H and O–H groups in total. The van der Waals surface area contributed by atoms with Gasteiger partial charge in [-0.15, -0.1) is 0 Å². The fourth-order valence-electron chi connectivity index (χ4n) is 7.26. The lowest BCUT2D eigenvalue weighted by molar-refractivity contribution is 0.621. The summed E-state index contributed by atoms with van der Waals surface area (Å²) in [5, 5.41) is 4.47. The van der Waals surface area contributed by atoms with Gasteiger partial charge in [-0.1, -0.05) is 133 Å². The first-order valence-electron chi connectivity index (χ1n) is 17.1. The third-order valence-electron chi connectivity index (χ3n) is 9.73. The number of para-hydroxylation sites is 3. The zero-order valence-electron chi connectivity index (χ0n) is 27.5. The van der Waals surface area contributed by atoms with Crippen LogP contribution in [0.2, 0.25) is 0 Å². The molecule has 0 fully saturated rings. The van der Waals surface area contributed by atoms with Gasteiger partial charge in [-0.3, -0.25) is 0 Å². The molecule has 240 valence electrons. The number of rotatable bonds is 6. The predicted molar refractivity (Wildman–Crippen MR) is 210 cm³/mol. The number of anilines is 3. The summed E-state index contributed by atoms with van der Waals surface area (Å²) in [4.78, 5) is 7.21. The Morgan fingerprint density at radius 1 is 0.392 bits per heavy atom. The number of nitrogens with zero attached hydrogens (tertiary/aromatic N) is 2. The molecule has 0 atom stereocenters. The fourth-order valence-corrected chi connectivity index (χ4v) is 7.26. The van der Waals surface area contributed by atoms with E-state index in [1.807, 2.05) is 30.3 Å². The highest BCUT2D eigenvalue weighted by atomic mass is 16.3. The second kappa shape index (κ2) is 11.9. The van der Waals surface area contributed by atoms with E-state index in [4.69, 9.17) is 13.8 Å². The van der Waals surface area contributed by atoms with Crippen LogP contribution in [0.3, 0.4) is 0 Å². The second-order valence-corrected chi connectivity index (χ2v) is 12.7. The topological polar surface area (TPSA) is 42.4 Å². The van der Waals surface area contributed by atoms with E-state index in [0.717, 1.165) is 77.6 Å². The first-order valence-corrected chi connectivity index (χ1v) is 17.1. The molecule has 0 saturated heterocycles. The molecule has 0 spiro atoms. The monoisotopic (exact) mass is 654 g/mol. The van der Waals surface area contributed by atoms with Crippen molar-refractivity contribution in [2.45, 2.75) is 0 Å². The summed E-state index contributed by atoms with van der Waals surface area (Å²) < 4.78 is 13.1. The Labute approximate surface area is 294 Å². The van der Waals surface area contributed by atoms with Gasteiger partial charge in [0.2, 0.25) is 5.89 Å². The van der Waals surface area contributed by atoms with Crippen molar-refractivity contribution in [3.05, 3.63) is 182 Å². The van der Waals surface area contributed by atoms with E-state index in [1.54, 1.807) is 0 Å². The van der Waals surface area contributed by atoms with Crippen LogP contribution in [0.5, 0.6) is 0 Å². The van der Waals surface area contributed by atoms with Gasteiger partial charge in [0.15, 0.2) is 11.2 Å². The van der Waals surface area contributed by atoms with Crippen LogP contribution in [0, 0.1) is 0 Å². The number of hydrogen-bond donors (Lipinski definition) is 0. The minimum Gasteiger partial charge on any atom is -0.454 e. The van der Waals surface area contributed by atoms with Crippen LogP contribution in [-0.2, 0) is 0 Å². The van der Waals surface area contributed by atoms with Gasteiger partial charge in [0, 0.05) is 33.3 Å². The first kappa shape index (κ1) is 29.0. The van der Waals surface area contributed by atoms with Gasteiger partial charge >= 0.3 is 0 Å². The van der Waals surface area contributed by atoms with E-state index in [2.05, 4.69) is 157 Å². The smallest absolute Gasteiger partial charge is 0.227 e. The second-order valence-electron chi connectivity index (χ2n) is 12.7. The first-order chi connectivity index (χ1) is 25.3. The van der Waals surface area contributed by atoms with E-state index >= 15 is 0 Å². The molecular formula is C47H30N2O2. The molecule has 51 heavy (non-hydrogen) atoms. The molecule has 2 heterocycles. The van der Waals surface area contributed by atoms with Crippen LogP contribution < -0.4 is 4.90 Å². The maximum absolute atomic E-state index is 6.55. The van der Waals surface area contributed by atoms with Crippen molar-refractivity contribution in [2.75, 3.05) is 4.90 Å². The number of furan rings is 1. The fraction of sp³-hybridized carbons (Fsp3) is 0. The van der Waals surface area contributed by atoms with Crippen LogP contribution in [0.25, 0.3) is 77.5 Å². The molecule has 8 aromatic carbocycles. The minimum absolute atomic E-state index is 0.620. The molecule has 10 aromatic rings. The predicted octanol–water partition coefficient (Wildman–Crippen LogP) is 13.4. The van der Waals surface area contributed by atoms with Crippen molar-refractivity contribution in [3.8, 4) is 33.7 Å². The summed E-state index contributed by atoms with van der Waals surface area (Å²) in [5.41, 5.74) is 11.7. The SMILES string of the molecule is c1ccc(-c2ccc(N(c3ccc(-c4cccc5nc(-c6cccc7ccccc67)oc45)cc3)c3cccc4c3oc3ccccc34)cc2)cc1. The summed E-state index contributed by atoms with van der Waals surface area (Å²) in [5.74, 6) is 0.620. The van der Waals surface area contributed by atoms with Crippen LogP contribution in [0.4, 0.5) is 17.1 Å². The van der Waals surface area contributed by atoms with E-state index in [-0.39, 0.29) is 0 Å². The lowest BCUT2D eigenvalue weighted by Gasteiger charge is -2.26. The van der Waals surface area contributed by atoms with E-state index in [0.29, 0.717) is 5.89 Å². The van der Waals surface area contributed by atoms with Crippen LogP contribution >= 0.6 is 0 Å². The van der Waals surface area contributed by atoms with Gasteiger partial charge in [-0.2, -0.15) is 0 Å². The minimum atomic E-state index is 0.620. The van der Waals surface area contributed by atoms with Crippen molar-refractivity contribution >= 4 is 60.9 Å². The Hall–Kier alpha value is -6.91. The van der Waals surface area contributed by atoms with Crippen molar-refractivity contribution in [3.63, 3.8) is 0 Å². The molecule has 0 aliphatic heterocycles. The van der Waals surface area contributed by atoms with Gasteiger partial charge in [0.1, 0.15) is 11.1 Å².